The van der Waals surface area contributed by atoms with Crippen molar-refractivity contribution in [3.05, 3.63) is 93.4 Å². The maximum absolute atomic E-state index is 12.6. The monoisotopic (exact) mass is 383 g/mol. The second-order valence-corrected chi connectivity index (χ2v) is 8.15. The van der Waals surface area contributed by atoms with E-state index in [9.17, 15) is 13.2 Å². The Morgan fingerprint density at radius 2 is 1.74 bits per heavy atom. The van der Waals surface area contributed by atoms with Gasteiger partial charge in [-0.15, -0.1) is 0 Å². The molecule has 0 unspecified atom stereocenters. The molecule has 0 saturated heterocycles. The number of nitrogens with zero attached hydrogens (tertiary/aromatic N) is 1. The van der Waals surface area contributed by atoms with Crippen LogP contribution in [0.2, 0.25) is 0 Å². The van der Waals surface area contributed by atoms with Gasteiger partial charge in [0.25, 0.3) is 5.56 Å². The number of aryl methyl sites for hydroxylation is 1. The second-order valence-electron chi connectivity index (χ2n) is 6.44. The first-order chi connectivity index (χ1) is 12.8. The van der Waals surface area contributed by atoms with E-state index in [1.54, 1.807) is 44.2 Å². The van der Waals surface area contributed by atoms with Gasteiger partial charge in [0.1, 0.15) is 0 Å². The smallest absolute Gasteiger partial charge is 0.267 e. The Labute approximate surface area is 158 Å². The van der Waals surface area contributed by atoms with Crippen molar-refractivity contribution in [2.45, 2.75) is 31.2 Å². The predicted molar refractivity (Wildman–Crippen MR) is 104 cm³/mol. The molecular weight excluding hydrogens is 362 g/mol. The summed E-state index contributed by atoms with van der Waals surface area (Å²) in [5.41, 5.74) is 2.82. The maximum atomic E-state index is 12.6. The lowest BCUT2D eigenvalue weighted by molar-refractivity contribution is 0.567. The third-order valence-corrected chi connectivity index (χ3v) is 5.82. The Morgan fingerprint density at radius 3 is 2.41 bits per heavy atom. The molecule has 1 aromatic heterocycles. The molecule has 2 N–H and O–H groups in total. The van der Waals surface area contributed by atoms with Crippen molar-refractivity contribution in [2.75, 3.05) is 0 Å². The number of hydrogen-bond acceptors (Lipinski definition) is 4. The molecule has 3 aromatic rings. The first kappa shape index (κ1) is 19.0. The molecule has 1 heterocycles. The lowest BCUT2D eigenvalue weighted by atomic mass is 10.1. The zero-order valence-electron chi connectivity index (χ0n) is 15.1. The highest BCUT2D eigenvalue weighted by Gasteiger charge is 2.18. The predicted octanol–water partition coefficient (Wildman–Crippen LogP) is 2.71. The molecule has 0 aliphatic carbocycles. The maximum Gasteiger partial charge on any atom is 0.267 e. The normalized spacial score (nSPS) is 12.7. The van der Waals surface area contributed by atoms with E-state index >= 15 is 0 Å². The minimum Gasteiger partial charge on any atom is -0.268 e. The van der Waals surface area contributed by atoms with Crippen LogP contribution in [0.25, 0.3) is 0 Å². The number of aromatic amines is 1. The van der Waals surface area contributed by atoms with Crippen LogP contribution in [-0.4, -0.2) is 18.6 Å². The minimum absolute atomic E-state index is 0.189. The third-order valence-electron chi connectivity index (χ3n) is 4.27. The Balaban J connectivity index is 1.76. The van der Waals surface area contributed by atoms with Crippen LogP contribution >= 0.6 is 0 Å². The van der Waals surface area contributed by atoms with Crippen LogP contribution < -0.4 is 10.3 Å². The molecule has 0 bridgehead atoms. The molecule has 0 amide bonds. The molecule has 1 atom stereocenters. The molecule has 27 heavy (non-hydrogen) atoms. The van der Waals surface area contributed by atoms with Crippen LogP contribution in [0.4, 0.5) is 0 Å². The zero-order valence-corrected chi connectivity index (χ0v) is 16.0. The standard InChI is InChI=1S/C20H21N3O3S/c1-14-12-18(20(24)22-21-14)13-16-8-10-19(11-9-16)27(25,26)23-15(2)17-6-4-3-5-7-17/h3-12,15,23H,13H2,1-2H3,(H,22,24)/t15-/m0/s1. The first-order valence-corrected chi connectivity index (χ1v) is 10.0. The summed E-state index contributed by atoms with van der Waals surface area (Å²) in [6, 6.07) is 17.3. The molecule has 0 aliphatic rings. The summed E-state index contributed by atoms with van der Waals surface area (Å²) in [5.74, 6) is 0. The van der Waals surface area contributed by atoms with Gasteiger partial charge < -0.3 is 0 Å². The second kappa shape index (κ2) is 7.85. The topological polar surface area (TPSA) is 91.9 Å². The van der Waals surface area contributed by atoms with E-state index in [2.05, 4.69) is 14.9 Å². The van der Waals surface area contributed by atoms with Gasteiger partial charge >= 0.3 is 0 Å². The Kier molecular flexibility index (Phi) is 5.53. The van der Waals surface area contributed by atoms with Gasteiger partial charge in [0.05, 0.1) is 10.6 Å². The van der Waals surface area contributed by atoms with Crippen molar-refractivity contribution in [1.82, 2.24) is 14.9 Å². The number of nitrogens with one attached hydrogen (secondary N) is 2. The van der Waals surface area contributed by atoms with Gasteiger partial charge in [-0.2, -0.15) is 5.10 Å². The fraction of sp³-hybridized carbons (Fsp3) is 0.200. The first-order valence-electron chi connectivity index (χ1n) is 8.56. The van der Waals surface area contributed by atoms with Gasteiger partial charge in [-0.1, -0.05) is 42.5 Å². The van der Waals surface area contributed by atoms with Crippen molar-refractivity contribution in [2.24, 2.45) is 0 Å². The average Bonchev–Trinajstić information content (AvgIpc) is 2.65. The molecule has 3 rings (SSSR count). The van der Waals surface area contributed by atoms with Crippen LogP contribution in [0.1, 0.15) is 35.3 Å². The Bertz CT molecular complexity index is 1080. The number of H-pyrrole nitrogens is 1. The third kappa shape index (κ3) is 4.69. The molecule has 0 spiro atoms. The van der Waals surface area contributed by atoms with Crippen LogP contribution in [0.5, 0.6) is 0 Å². The molecule has 7 heteroatoms. The molecule has 0 radical (unpaired) electrons. The van der Waals surface area contributed by atoms with Gasteiger partial charge in [0.2, 0.25) is 10.0 Å². The molecule has 0 saturated carbocycles. The molecular formula is C20H21N3O3S. The fourth-order valence-corrected chi connectivity index (χ4v) is 4.04. The Morgan fingerprint density at radius 1 is 1.07 bits per heavy atom. The van der Waals surface area contributed by atoms with Gasteiger partial charge in [0, 0.05) is 18.0 Å². The zero-order chi connectivity index (χ0) is 19.4. The summed E-state index contributed by atoms with van der Waals surface area (Å²) >= 11 is 0. The fourth-order valence-electron chi connectivity index (χ4n) is 2.81. The average molecular weight is 383 g/mol. The van der Waals surface area contributed by atoms with E-state index in [1.165, 1.54) is 0 Å². The number of aromatic nitrogens is 2. The van der Waals surface area contributed by atoms with Gasteiger partial charge in [-0.3, -0.25) is 4.79 Å². The van der Waals surface area contributed by atoms with E-state index in [4.69, 9.17) is 0 Å². The highest BCUT2D eigenvalue weighted by Crippen LogP contribution is 2.18. The SMILES string of the molecule is Cc1cc(Cc2ccc(S(=O)(=O)N[C@@H](C)c3ccccc3)cc2)c(=O)[nH]n1. The molecule has 0 aliphatic heterocycles. The van der Waals surface area contributed by atoms with Crippen molar-refractivity contribution in [3.8, 4) is 0 Å². The van der Waals surface area contributed by atoms with E-state index in [1.807, 2.05) is 30.3 Å². The van der Waals surface area contributed by atoms with E-state index in [0.717, 1.165) is 16.8 Å². The summed E-state index contributed by atoms with van der Waals surface area (Å²) in [6.45, 7) is 3.61. The van der Waals surface area contributed by atoms with E-state index in [-0.39, 0.29) is 16.5 Å². The molecule has 6 nitrogen and oxygen atoms in total. The summed E-state index contributed by atoms with van der Waals surface area (Å²) in [4.78, 5) is 12.0. The largest absolute Gasteiger partial charge is 0.268 e. The molecule has 0 fully saturated rings. The summed E-state index contributed by atoms with van der Waals surface area (Å²) < 4.78 is 27.9. The van der Waals surface area contributed by atoms with Crippen molar-refractivity contribution >= 4 is 10.0 Å². The minimum atomic E-state index is -3.64. The van der Waals surface area contributed by atoms with Crippen LogP contribution in [0.15, 0.2) is 70.4 Å². The van der Waals surface area contributed by atoms with Gasteiger partial charge in [-0.25, -0.2) is 18.2 Å². The highest BCUT2D eigenvalue weighted by molar-refractivity contribution is 7.89. The van der Waals surface area contributed by atoms with Crippen LogP contribution in [0, 0.1) is 6.92 Å². The summed E-state index contributed by atoms with van der Waals surface area (Å²) in [6.07, 6.45) is 0.410. The number of hydrogen-bond donors (Lipinski definition) is 2. The highest BCUT2D eigenvalue weighted by atomic mass is 32.2. The van der Waals surface area contributed by atoms with Crippen molar-refractivity contribution in [3.63, 3.8) is 0 Å². The van der Waals surface area contributed by atoms with E-state index < -0.39 is 10.0 Å². The summed E-state index contributed by atoms with van der Waals surface area (Å²) in [7, 11) is -3.64. The van der Waals surface area contributed by atoms with Crippen molar-refractivity contribution in [1.29, 1.82) is 0 Å². The van der Waals surface area contributed by atoms with Gasteiger partial charge in [0.15, 0.2) is 0 Å². The van der Waals surface area contributed by atoms with Crippen LogP contribution in [-0.2, 0) is 16.4 Å². The van der Waals surface area contributed by atoms with Crippen LogP contribution in [0.3, 0.4) is 0 Å². The Hall–Kier alpha value is -2.77. The number of benzene rings is 2. The number of rotatable bonds is 6. The summed E-state index contributed by atoms with van der Waals surface area (Å²) in [5, 5.41) is 6.30. The molecule has 140 valence electrons. The van der Waals surface area contributed by atoms with Crippen molar-refractivity contribution < 1.29 is 8.42 Å². The molecule has 2 aromatic carbocycles. The lowest BCUT2D eigenvalue weighted by Crippen LogP contribution is -2.26. The van der Waals surface area contributed by atoms with Gasteiger partial charge in [-0.05, 0) is 43.2 Å². The lowest BCUT2D eigenvalue weighted by Gasteiger charge is -2.15. The van der Waals surface area contributed by atoms with E-state index in [0.29, 0.717) is 12.0 Å². The number of sulfonamides is 1. The quantitative estimate of drug-likeness (QED) is 0.685.